The fraction of sp³-hybridized carbons (Fsp3) is 0.368. The van der Waals surface area contributed by atoms with Gasteiger partial charge in [-0.15, -0.1) is 0 Å². The van der Waals surface area contributed by atoms with E-state index in [2.05, 4.69) is 4.72 Å². The molecule has 0 spiro atoms. The van der Waals surface area contributed by atoms with E-state index in [1.165, 1.54) is 46.8 Å². The maximum atomic E-state index is 12.9. The van der Waals surface area contributed by atoms with Crippen LogP contribution in [0.4, 0.5) is 5.69 Å². The Morgan fingerprint density at radius 2 is 1.52 bits per heavy atom. The molecule has 2 aromatic rings. The van der Waals surface area contributed by atoms with Gasteiger partial charge in [0, 0.05) is 18.8 Å². The SMILES string of the molecule is C[C@H]1C[C@H](C)CN(S(=O)(=O)c2ccc(NS(=O)(=O)c3cccc(Cl)c3Cl)cc2)C1. The van der Waals surface area contributed by atoms with Gasteiger partial charge in [-0.05, 0) is 54.7 Å². The smallest absolute Gasteiger partial charge is 0.263 e. The molecule has 1 aliphatic rings. The average molecular weight is 477 g/mol. The topological polar surface area (TPSA) is 83.6 Å². The summed E-state index contributed by atoms with van der Waals surface area (Å²) in [5.74, 6) is 0.587. The average Bonchev–Trinajstić information content (AvgIpc) is 2.63. The van der Waals surface area contributed by atoms with Crippen molar-refractivity contribution < 1.29 is 16.8 Å². The number of piperidine rings is 1. The van der Waals surface area contributed by atoms with E-state index in [-0.39, 0.29) is 25.5 Å². The van der Waals surface area contributed by atoms with Crippen LogP contribution in [0.1, 0.15) is 20.3 Å². The third kappa shape index (κ3) is 4.88. The van der Waals surface area contributed by atoms with Gasteiger partial charge in [-0.25, -0.2) is 16.8 Å². The van der Waals surface area contributed by atoms with Crippen molar-refractivity contribution in [2.75, 3.05) is 17.8 Å². The minimum atomic E-state index is -3.98. The first-order chi connectivity index (χ1) is 13.5. The van der Waals surface area contributed by atoms with Crippen LogP contribution in [-0.4, -0.2) is 34.2 Å². The van der Waals surface area contributed by atoms with Gasteiger partial charge in [0.05, 0.1) is 14.9 Å². The number of hydrogen-bond acceptors (Lipinski definition) is 4. The number of benzene rings is 2. The lowest BCUT2D eigenvalue weighted by molar-refractivity contribution is 0.222. The Hall–Kier alpha value is -1.32. The highest BCUT2D eigenvalue weighted by Gasteiger charge is 2.31. The van der Waals surface area contributed by atoms with Gasteiger partial charge in [0.1, 0.15) is 4.90 Å². The standard InChI is InChI=1S/C19H22Cl2N2O4S2/c1-13-10-14(2)12-23(11-13)29(26,27)16-8-6-15(7-9-16)22-28(24,25)18-5-3-4-17(20)19(18)21/h3-9,13-14,22H,10-12H2,1-2H3/t13-,14-/m0/s1. The summed E-state index contributed by atoms with van der Waals surface area (Å²) in [6, 6.07) is 9.95. The fourth-order valence-corrected chi connectivity index (χ4v) is 7.05. The van der Waals surface area contributed by atoms with Crippen molar-refractivity contribution in [3.63, 3.8) is 0 Å². The van der Waals surface area contributed by atoms with Crippen LogP contribution in [0, 0.1) is 11.8 Å². The van der Waals surface area contributed by atoms with Crippen LogP contribution in [0.3, 0.4) is 0 Å². The highest BCUT2D eigenvalue weighted by Crippen LogP contribution is 2.31. The minimum Gasteiger partial charge on any atom is -0.280 e. The highest BCUT2D eigenvalue weighted by atomic mass is 35.5. The Morgan fingerprint density at radius 1 is 0.931 bits per heavy atom. The third-order valence-corrected chi connectivity index (χ3v) is 8.99. The van der Waals surface area contributed by atoms with Gasteiger partial charge < -0.3 is 0 Å². The van der Waals surface area contributed by atoms with Crippen molar-refractivity contribution in [2.24, 2.45) is 11.8 Å². The summed E-state index contributed by atoms with van der Waals surface area (Å²) in [5, 5.41) is 0.0511. The van der Waals surface area contributed by atoms with Crippen molar-refractivity contribution in [1.29, 1.82) is 0 Å². The summed E-state index contributed by atoms with van der Waals surface area (Å²) in [4.78, 5) is -0.0257. The van der Waals surface area contributed by atoms with E-state index in [4.69, 9.17) is 23.2 Å². The molecule has 29 heavy (non-hydrogen) atoms. The summed E-state index contributed by atoms with van der Waals surface area (Å²) in [5.41, 5.74) is 0.223. The lowest BCUT2D eigenvalue weighted by atomic mass is 9.94. The van der Waals surface area contributed by atoms with Crippen LogP contribution in [0.2, 0.25) is 10.0 Å². The number of nitrogens with zero attached hydrogens (tertiary/aromatic N) is 1. The molecular weight excluding hydrogens is 455 g/mol. The summed E-state index contributed by atoms with van der Waals surface area (Å²) < 4.78 is 55.0. The Morgan fingerprint density at radius 3 is 2.10 bits per heavy atom. The van der Waals surface area contributed by atoms with Gasteiger partial charge >= 0.3 is 0 Å². The molecule has 0 saturated carbocycles. The summed E-state index contributed by atoms with van der Waals surface area (Å²) in [6.07, 6.45) is 0.999. The second kappa shape index (κ2) is 8.43. The zero-order valence-corrected chi connectivity index (χ0v) is 19.1. The van der Waals surface area contributed by atoms with Crippen LogP contribution in [0.5, 0.6) is 0 Å². The van der Waals surface area contributed by atoms with E-state index in [9.17, 15) is 16.8 Å². The molecule has 0 aromatic heterocycles. The number of sulfonamides is 2. The molecule has 0 bridgehead atoms. The summed E-state index contributed by atoms with van der Waals surface area (Å²) in [6.45, 7) is 5.04. The highest BCUT2D eigenvalue weighted by molar-refractivity contribution is 7.92. The van der Waals surface area contributed by atoms with Gasteiger partial charge in [-0.1, -0.05) is 43.1 Å². The van der Waals surface area contributed by atoms with Crippen LogP contribution >= 0.6 is 23.2 Å². The molecule has 1 fully saturated rings. The predicted octanol–water partition coefficient (Wildman–Crippen LogP) is 4.46. The zero-order chi connectivity index (χ0) is 21.4. The van der Waals surface area contributed by atoms with Crippen molar-refractivity contribution >= 4 is 48.9 Å². The van der Waals surface area contributed by atoms with Crippen molar-refractivity contribution in [3.8, 4) is 0 Å². The van der Waals surface area contributed by atoms with Crippen LogP contribution in [0.15, 0.2) is 52.3 Å². The predicted molar refractivity (Wildman–Crippen MR) is 115 cm³/mol. The molecule has 0 amide bonds. The largest absolute Gasteiger partial charge is 0.280 e. The van der Waals surface area contributed by atoms with Gasteiger partial charge in [0.15, 0.2) is 0 Å². The molecule has 1 N–H and O–H groups in total. The summed E-state index contributed by atoms with van der Waals surface area (Å²) >= 11 is 11.9. The quantitative estimate of drug-likeness (QED) is 0.689. The number of rotatable bonds is 5. The Bertz CT molecular complexity index is 1090. The van der Waals surface area contributed by atoms with E-state index >= 15 is 0 Å². The molecule has 10 heteroatoms. The molecule has 6 nitrogen and oxygen atoms in total. The lowest BCUT2D eigenvalue weighted by Crippen LogP contribution is -2.42. The Balaban J connectivity index is 1.82. The van der Waals surface area contributed by atoms with Gasteiger partial charge in [0.25, 0.3) is 10.0 Å². The number of anilines is 1. The molecule has 158 valence electrons. The molecule has 1 aliphatic heterocycles. The Kier molecular flexibility index (Phi) is 6.50. The summed E-state index contributed by atoms with van der Waals surface area (Å²) in [7, 11) is -7.61. The third-order valence-electron chi connectivity index (χ3n) is 4.79. The van der Waals surface area contributed by atoms with E-state index in [0.717, 1.165) is 6.42 Å². The van der Waals surface area contributed by atoms with E-state index in [1.54, 1.807) is 0 Å². The molecule has 2 aromatic carbocycles. The second-order valence-corrected chi connectivity index (χ2v) is 11.8. The van der Waals surface area contributed by atoms with Crippen molar-refractivity contribution in [3.05, 3.63) is 52.5 Å². The minimum absolute atomic E-state index is 0.0748. The van der Waals surface area contributed by atoms with Crippen molar-refractivity contribution in [2.45, 2.75) is 30.1 Å². The molecule has 1 heterocycles. The lowest BCUT2D eigenvalue weighted by Gasteiger charge is -2.34. The number of hydrogen-bond donors (Lipinski definition) is 1. The van der Waals surface area contributed by atoms with Gasteiger partial charge in [0.2, 0.25) is 10.0 Å². The van der Waals surface area contributed by atoms with Crippen LogP contribution in [0.25, 0.3) is 0 Å². The van der Waals surface area contributed by atoms with Gasteiger partial charge in [-0.3, -0.25) is 4.72 Å². The first-order valence-electron chi connectivity index (χ1n) is 9.08. The Labute approximate surface area is 181 Å². The molecule has 2 atom stereocenters. The second-order valence-electron chi connectivity index (χ2n) is 7.45. The van der Waals surface area contributed by atoms with E-state index < -0.39 is 20.0 Å². The molecule has 0 aliphatic carbocycles. The zero-order valence-electron chi connectivity index (χ0n) is 16.0. The molecule has 0 unspecified atom stereocenters. The first-order valence-corrected chi connectivity index (χ1v) is 12.8. The van der Waals surface area contributed by atoms with E-state index in [1.807, 2.05) is 13.8 Å². The van der Waals surface area contributed by atoms with E-state index in [0.29, 0.717) is 24.9 Å². The normalized spacial score (nSPS) is 21.1. The maximum absolute atomic E-state index is 12.9. The van der Waals surface area contributed by atoms with Crippen molar-refractivity contribution in [1.82, 2.24) is 4.31 Å². The molecular formula is C19H22Cl2N2O4S2. The first kappa shape index (κ1) is 22.4. The van der Waals surface area contributed by atoms with Gasteiger partial charge in [-0.2, -0.15) is 4.31 Å². The molecule has 0 radical (unpaired) electrons. The monoisotopic (exact) mass is 476 g/mol. The molecule has 3 rings (SSSR count). The fourth-order valence-electron chi connectivity index (χ4n) is 3.55. The van der Waals surface area contributed by atoms with Crippen LogP contribution < -0.4 is 4.72 Å². The maximum Gasteiger partial charge on any atom is 0.263 e. The number of halogens is 2. The number of nitrogens with one attached hydrogen (secondary N) is 1. The molecule has 1 saturated heterocycles. The van der Waals surface area contributed by atoms with Crippen LogP contribution in [-0.2, 0) is 20.0 Å².